The van der Waals surface area contributed by atoms with E-state index in [0.29, 0.717) is 11.9 Å². The van der Waals surface area contributed by atoms with Crippen LogP contribution in [0.15, 0.2) is 12.3 Å². The molecule has 6 nitrogen and oxygen atoms in total. The smallest absolute Gasteiger partial charge is 0.339 e. The highest BCUT2D eigenvalue weighted by Gasteiger charge is 2.36. The van der Waals surface area contributed by atoms with Crippen LogP contribution in [0.3, 0.4) is 0 Å². The number of carboxylic acids is 1. The lowest BCUT2D eigenvalue weighted by Crippen LogP contribution is -2.55. The lowest BCUT2D eigenvalue weighted by molar-refractivity contribution is 0.0696. The van der Waals surface area contributed by atoms with Gasteiger partial charge in [-0.2, -0.15) is 5.10 Å². The Morgan fingerprint density at radius 1 is 1.47 bits per heavy atom. The molecule has 6 heteroatoms. The van der Waals surface area contributed by atoms with Crippen LogP contribution in [0.5, 0.6) is 0 Å². The van der Waals surface area contributed by atoms with E-state index in [2.05, 4.69) is 26.9 Å². The fourth-order valence-corrected chi connectivity index (χ4v) is 3.19. The van der Waals surface area contributed by atoms with Gasteiger partial charge in [0.2, 0.25) is 0 Å². The Hall–Kier alpha value is -1.69. The number of fused-ring (bicyclic) bond motifs is 1. The van der Waals surface area contributed by atoms with E-state index in [4.69, 9.17) is 0 Å². The minimum Gasteiger partial charge on any atom is -0.478 e. The number of anilines is 1. The molecule has 2 aliphatic rings. The van der Waals surface area contributed by atoms with Crippen LogP contribution in [0, 0.1) is 0 Å². The van der Waals surface area contributed by atoms with Crippen molar-refractivity contribution in [1.29, 1.82) is 0 Å². The maximum Gasteiger partial charge on any atom is 0.339 e. The normalized spacial score (nSPS) is 27.3. The Balaban J connectivity index is 1.91. The summed E-state index contributed by atoms with van der Waals surface area (Å²) in [6.07, 6.45) is 3.85. The summed E-state index contributed by atoms with van der Waals surface area (Å²) in [5.41, 5.74) is 0.244. The first kappa shape index (κ1) is 12.3. The van der Waals surface area contributed by atoms with E-state index in [1.807, 2.05) is 0 Å². The third kappa shape index (κ3) is 2.16. The maximum absolute atomic E-state index is 11.3. The van der Waals surface area contributed by atoms with Gasteiger partial charge in [-0.05, 0) is 32.4 Å². The molecule has 0 aromatic carbocycles. The van der Waals surface area contributed by atoms with Crippen LogP contribution in [0.1, 0.15) is 30.1 Å². The van der Waals surface area contributed by atoms with Gasteiger partial charge in [0.25, 0.3) is 0 Å². The first-order valence-electron chi connectivity index (χ1n) is 6.72. The number of rotatable bonds is 2. The van der Waals surface area contributed by atoms with Gasteiger partial charge in [-0.1, -0.05) is 0 Å². The van der Waals surface area contributed by atoms with Crippen LogP contribution in [0.25, 0.3) is 0 Å². The Labute approximate surface area is 112 Å². The predicted molar refractivity (Wildman–Crippen MR) is 70.4 cm³/mol. The number of aromatic nitrogens is 2. The Morgan fingerprint density at radius 3 is 3.11 bits per heavy atom. The van der Waals surface area contributed by atoms with Gasteiger partial charge < -0.3 is 10.0 Å². The van der Waals surface area contributed by atoms with Gasteiger partial charge in [0.05, 0.1) is 6.20 Å². The average molecular weight is 262 g/mol. The molecule has 3 rings (SSSR count). The van der Waals surface area contributed by atoms with Gasteiger partial charge in [-0.15, -0.1) is 5.10 Å². The molecule has 2 saturated heterocycles. The summed E-state index contributed by atoms with van der Waals surface area (Å²) in [4.78, 5) is 15.9. The fourth-order valence-electron chi connectivity index (χ4n) is 3.19. The highest BCUT2D eigenvalue weighted by atomic mass is 16.4. The standard InChI is InChI=1S/C13H18N4O2/c1-9-7-16-6-2-3-10(16)8-17(9)12-11(13(18)19)4-5-14-15-12/h4-5,9-10H,2-3,6-8H2,1H3,(H,18,19). The highest BCUT2D eigenvalue weighted by molar-refractivity contribution is 5.93. The van der Waals surface area contributed by atoms with Crippen molar-refractivity contribution in [2.45, 2.75) is 31.8 Å². The van der Waals surface area contributed by atoms with Crippen LogP contribution in [0.4, 0.5) is 5.82 Å². The van der Waals surface area contributed by atoms with E-state index >= 15 is 0 Å². The Bertz CT molecular complexity index is 493. The summed E-state index contributed by atoms with van der Waals surface area (Å²) < 4.78 is 0. The van der Waals surface area contributed by atoms with E-state index in [1.165, 1.54) is 25.1 Å². The number of carboxylic acid groups (broad SMARTS) is 1. The summed E-state index contributed by atoms with van der Waals surface area (Å²) in [7, 11) is 0. The van der Waals surface area contributed by atoms with Gasteiger partial charge in [-0.3, -0.25) is 4.90 Å². The van der Waals surface area contributed by atoms with E-state index in [-0.39, 0.29) is 11.6 Å². The Morgan fingerprint density at radius 2 is 2.32 bits per heavy atom. The molecule has 2 fully saturated rings. The molecule has 102 valence electrons. The van der Waals surface area contributed by atoms with Gasteiger partial charge >= 0.3 is 5.97 Å². The van der Waals surface area contributed by atoms with Crippen LogP contribution in [0.2, 0.25) is 0 Å². The van der Waals surface area contributed by atoms with Crippen LogP contribution in [-0.4, -0.2) is 57.9 Å². The number of hydrogen-bond acceptors (Lipinski definition) is 5. The number of carbonyl (C=O) groups is 1. The molecule has 0 radical (unpaired) electrons. The number of aromatic carboxylic acids is 1. The van der Waals surface area contributed by atoms with Crippen molar-refractivity contribution in [1.82, 2.24) is 15.1 Å². The minimum absolute atomic E-state index is 0.244. The predicted octanol–water partition coefficient (Wildman–Crippen LogP) is 0.848. The quantitative estimate of drug-likeness (QED) is 0.852. The third-order valence-corrected chi connectivity index (χ3v) is 4.14. The molecule has 19 heavy (non-hydrogen) atoms. The molecule has 1 N–H and O–H groups in total. The molecule has 3 heterocycles. The van der Waals surface area contributed by atoms with Crippen LogP contribution in [-0.2, 0) is 0 Å². The average Bonchev–Trinajstić information content (AvgIpc) is 2.84. The van der Waals surface area contributed by atoms with Crippen molar-refractivity contribution in [3.8, 4) is 0 Å². The molecular weight excluding hydrogens is 244 g/mol. The molecule has 0 aliphatic carbocycles. The summed E-state index contributed by atoms with van der Waals surface area (Å²) in [6.45, 7) is 5.10. The zero-order chi connectivity index (χ0) is 13.4. The van der Waals surface area contributed by atoms with Crippen molar-refractivity contribution in [3.63, 3.8) is 0 Å². The fraction of sp³-hybridized carbons (Fsp3) is 0.615. The van der Waals surface area contributed by atoms with E-state index in [1.54, 1.807) is 0 Å². The molecule has 0 bridgehead atoms. The number of piperazine rings is 1. The lowest BCUT2D eigenvalue weighted by atomic mass is 10.1. The van der Waals surface area contributed by atoms with Crippen molar-refractivity contribution in [2.75, 3.05) is 24.5 Å². The topological polar surface area (TPSA) is 69.6 Å². The van der Waals surface area contributed by atoms with Crippen molar-refractivity contribution in [2.24, 2.45) is 0 Å². The first-order chi connectivity index (χ1) is 9.16. The molecule has 2 atom stereocenters. The van der Waals surface area contributed by atoms with Crippen LogP contribution >= 0.6 is 0 Å². The molecule has 0 amide bonds. The second kappa shape index (κ2) is 4.77. The third-order valence-electron chi connectivity index (χ3n) is 4.14. The molecule has 2 aliphatic heterocycles. The maximum atomic E-state index is 11.3. The SMILES string of the molecule is CC1CN2CCCC2CN1c1nnccc1C(=O)O. The minimum atomic E-state index is -0.939. The number of hydrogen-bond donors (Lipinski definition) is 1. The zero-order valence-electron chi connectivity index (χ0n) is 11.0. The van der Waals surface area contributed by atoms with Gasteiger partial charge in [-0.25, -0.2) is 4.79 Å². The molecule has 0 spiro atoms. The van der Waals surface area contributed by atoms with Gasteiger partial charge in [0.15, 0.2) is 5.82 Å². The lowest BCUT2D eigenvalue weighted by Gasteiger charge is -2.43. The molecule has 1 aromatic rings. The zero-order valence-corrected chi connectivity index (χ0v) is 11.0. The molecule has 2 unspecified atom stereocenters. The summed E-state index contributed by atoms with van der Waals surface area (Å²) >= 11 is 0. The summed E-state index contributed by atoms with van der Waals surface area (Å²) in [5, 5.41) is 17.2. The monoisotopic (exact) mass is 262 g/mol. The molecule has 0 saturated carbocycles. The summed E-state index contributed by atoms with van der Waals surface area (Å²) in [6, 6.07) is 2.32. The van der Waals surface area contributed by atoms with Gasteiger partial charge in [0, 0.05) is 25.2 Å². The van der Waals surface area contributed by atoms with Crippen molar-refractivity contribution < 1.29 is 9.90 Å². The first-order valence-corrected chi connectivity index (χ1v) is 6.72. The molecular formula is C13H18N4O2. The van der Waals surface area contributed by atoms with Crippen molar-refractivity contribution in [3.05, 3.63) is 17.8 Å². The second-order valence-electron chi connectivity index (χ2n) is 5.37. The number of nitrogens with zero attached hydrogens (tertiary/aromatic N) is 4. The van der Waals surface area contributed by atoms with E-state index < -0.39 is 5.97 Å². The van der Waals surface area contributed by atoms with E-state index in [9.17, 15) is 9.90 Å². The van der Waals surface area contributed by atoms with Crippen LogP contribution < -0.4 is 4.90 Å². The Kier molecular flexibility index (Phi) is 3.10. The van der Waals surface area contributed by atoms with E-state index in [0.717, 1.165) is 19.6 Å². The largest absolute Gasteiger partial charge is 0.478 e. The highest BCUT2D eigenvalue weighted by Crippen LogP contribution is 2.28. The summed E-state index contributed by atoms with van der Waals surface area (Å²) in [5.74, 6) is -0.431. The van der Waals surface area contributed by atoms with Crippen molar-refractivity contribution >= 4 is 11.8 Å². The second-order valence-corrected chi connectivity index (χ2v) is 5.37. The van der Waals surface area contributed by atoms with Gasteiger partial charge in [0.1, 0.15) is 5.56 Å². The molecule has 1 aromatic heterocycles.